The van der Waals surface area contributed by atoms with Gasteiger partial charge >= 0.3 is 0 Å². The molecule has 1 amide bonds. The third-order valence-corrected chi connectivity index (χ3v) is 7.31. The standard InChI is InChI=1S/C24H24ClN5O2S2/c1-13(2)23(31)27-10-16-9-26-11-19(25)18(16)12-32-20-7-5-6-17-21(8-14(3)28-22(17)20)34-24-30-29-15(4)33-24/h5-9,11,13H,10,12H2,1-4H3,(H,27,31). The van der Waals surface area contributed by atoms with E-state index in [9.17, 15) is 4.79 Å². The number of para-hydroxylation sites is 1. The molecule has 1 N–H and O–H groups in total. The third-order valence-electron chi connectivity index (χ3n) is 5.04. The van der Waals surface area contributed by atoms with Crippen LogP contribution in [0.5, 0.6) is 5.75 Å². The lowest BCUT2D eigenvalue weighted by atomic mass is 10.1. The summed E-state index contributed by atoms with van der Waals surface area (Å²) in [5, 5.41) is 13.7. The molecule has 10 heteroatoms. The van der Waals surface area contributed by atoms with Crippen molar-refractivity contribution >= 4 is 51.5 Å². The summed E-state index contributed by atoms with van der Waals surface area (Å²) in [7, 11) is 0. The van der Waals surface area contributed by atoms with Gasteiger partial charge in [0.15, 0.2) is 4.34 Å². The van der Waals surface area contributed by atoms with Crippen molar-refractivity contribution in [3.05, 3.63) is 63.5 Å². The van der Waals surface area contributed by atoms with Crippen LogP contribution >= 0.6 is 34.7 Å². The number of carbonyl (C=O) groups is 1. The van der Waals surface area contributed by atoms with Gasteiger partial charge in [-0.2, -0.15) is 0 Å². The van der Waals surface area contributed by atoms with Crippen LogP contribution < -0.4 is 10.1 Å². The zero-order valence-corrected chi connectivity index (χ0v) is 21.6. The molecule has 0 unspecified atom stereocenters. The molecule has 1 aromatic carbocycles. The van der Waals surface area contributed by atoms with Crippen molar-refractivity contribution in [2.24, 2.45) is 5.92 Å². The van der Waals surface area contributed by atoms with Gasteiger partial charge in [0, 0.05) is 46.4 Å². The van der Waals surface area contributed by atoms with Crippen molar-refractivity contribution < 1.29 is 9.53 Å². The van der Waals surface area contributed by atoms with Crippen LogP contribution in [0.4, 0.5) is 0 Å². The second kappa shape index (κ2) is 10.7. The van der Waals surface area contributed by atoms with Crippen LogP contribution in [-0.2, 0) is 17.9 Å². The molecule has 7 nitrogen and oxygen atoms in total. The van der Waals surface area contributed by atoms with Crippen molar-refractivity contribution in [1.82, 2.24) is 25.5 Å². The Morgan fingerprint density at radius 1 is 1.24 bits per heavy atom. The first-order valence-electron chi connectivity index (χ1n) is 10.7. The fourth-order valence-electron chi connectivity index (χ4n) is 3.28. The van der Waals surface area contributed by atoms with Crippen LogP contribution in [0.15, 0.2) is 45.9 Å². The molecule has 0 saturated carbocycles. The van der Waals surface area contributed by atoms with E-state index in [4.69, 9.17) is 21.3 Å². The van der Waals surface area contributed by atoms with Crippen molar-refractivity contribution in [3.63, 3.8) is 0 Å². The molecule has 0 radical (unpaired) electrons. The first-order valence-corrected chi connectivity index (χ1v) is 12.7. The maximum Gasteiger partial charge on any atom is 0.222 e. The molecule has 0 spiro atoms. The average molecular weight is 514 g/mol. The number of ether oxygens (including phenoxy) is 1. The Labute approximate surface area is 211 Å². The van der Waals surface area contributed by atoms with E-state index in [2.05, 4.69) is 20.5 Å². The molecule has 3 heterocycles. The molecule has 4 aromatic rings. The normalized spacial score (nSPS) is 11.2. The quantitative estimate of drug-likeness (QED) is 0.320. The first kappa shape index (κ1) is 24.4. The topological polar surface area (TPSA) is 89.9 Å². The summed E-state index contributed by atoms with van der Waals surface area (Å²) in [6, 6.07) is 7.91. The van der Waals surface area contributed by atoms with E-state index in [-0.39, 0.29) is 18.4 Å². The maximum atomic E-state index is 12.0. The van der Waals surface area contributed by atoms with Gasteiger partial charge in [-0.3, -0.25) is 9.78 Å². The number of pyridine rings is 2. The number of amides is 1. The number of fused-ring (bicyclic) bond motifs is 1. The van der Waals surface area contributed by atoms with Gasteiger partial charge in [-0.15, -0.1) is 10.2 Å². The van der Waals surface area contributed by atoms with E-state index in [1.54, 1.807) is 35.5 Å². The van der Waals surface area contributed by atoms with Crippen molar-refractivity contribution in [1.29, 1.82) is 0 Å². The number of nitrogens with one attached hydrogen (secondary N) is 1. The lowest BCUT2D eigenvalue weighted by Gasteiger charge is -2.15. The number of aryl methyl sites for hydroxylation is 2. The van der Waals surface area contributed by atoms with Crippen LogP contribution in [0.2, 0.25) is 5.02 Å². The minimum absolute atomic E-state index is 0.0313. The zero-order chi connectivity index (χ0) is 24.2. The molecule has 3 aromatic heterocycles. The fourth-order valence-corrected chi connectivity index (χ4v) is 5.50. The van der Waals surface area contributed by atoms with E-state index in [1.165, 1.54) is 0 Å². The van der Waals surface area contributed by atoms with Crippen LogP contribution in [-0.4, -0.2) is 26.1 Å². The van der Waals surface area contributed by atoms with E-state index >= 15 is 0 Å². The predicted octanol–water partition coefficient (Wildman–Crippen LogP) is 5.75. The van der Waals surface area contributed by atoms with Gasteiger partial charge in [-0.25, -0.2) is 4.98 Å². The highest BCUT2D eigenvalue weighted by molar-refractivity contribution is 8.01. The number of halogens is 1. The molecule has 34 heavy (non-hydrogen) atoms. The molecule has 0 saturated heterocycles. The van der Waals surface area contributed by atoms with Gasteiger partial charge in [0.05, 0.1) is 5.02 Å². The van der Waals surface area contributed by atoms with Crippen molar-refractivity contribution in [2.45, 2.75) is 50.1 Å². The third kappa shape index (κ3) is 5.65. The highest BCUT2D eigenvalue weighted by Crippen LogP contribution is 2.37. The number of hydrogen-bond donors (Lipinski definition) is 1. The lowest BCUT2D eigenvalue weighted by Crippen LogP contribution is -2.27. The number of carbonyl (C=O) groups excluding carboxylic acids is 1. The summed E-state index contributed by atoms with van der Waals surface area (Å²) in [5.41, 5.74) is 3.25. The number of hydrogen-bond acceptors (Lipinski definition) is 8. The predicted molar refractivity (Wildman–Crippen MR) is 136 cm³/mol. The number of benzene rings is 1. The number of rotatable bonds is 8. The molecular formula is C24H24ClN5O2S2. The summed E-state index contributed by atoms with van der Waals surface area (Å²) in [6.07, 6.45) is 3.29. The maximum absolute atomic E-state index is 12.0. The molecule has 0 fully saturated rings. The Kier molecular flexibility index (Phi) is 7.65. The van der Waals surface area contributed by atoms with E-state index in [0.29, 0.717) is 17.3 Å². The van der Waals surface area contributed by atoms with Crippen molar-refractivity contribution in [2.75, 3.05) is 0 Å². The van der Waals surface area contributed by atoms with Gasteiger partial charge in [0.25, 0.3) is 0 Å². The van der Waals surface area contributed by atoms with Gasteiger partial charge in [0.1, 0.15) is 22.9 Å². The van der Waals surface area contributed by atoms with E-state index < -0.39 is 0 Å². The summed E-state index contributed by atoms with van der Waals surface area (Å²) >= 11 is 9.58. The first-order chi connectivity index (χ1) is 16.3. The summed E-state index contributed by atoms with van der Waals surface area (Å²) in [5.74, 6) is 0.519. The van der Waals surface area contributed by atoms with Crippen LogP contribution in [0.1, 0.15) is 35.7 Å². The Morgan fingerprint density at radius 2 is 2.06 bits per heavy atom. The molecule has 0 aliphatic carbocycles. The van der Waals surface area contributed by atoms with Gasteiger partial charge in [-0.05, 0) is 31.5 Å². The van der Waals surface area contributed by atoms with E-state index in [0.717, 1.165) is 42.0 Å². The minimum atomic E-state index is -0.104. The molecule has 0 atom stereocenters. The Balaban J connectivity index is 1.61. The molecule has 0 bridgehead atoms. The van der Waals surface area contributed by atoms with Crippen LogP contribution in [0.25, 0.3) is 10.9 Å². The molecule has 0 aliphatic heterocycles. The number of nitrogens with zero attached hydrogens (tertiary/aromatic N) is 4. The zero-order valence-electron chi connectivity index (χ0n) is 19.3. The Bertz CT molecular complexity index is 1340. The van der Waals surface area contributed by atoms with Gasteiger partial charge in [-0.1, -0.05) is 60.7 Å². The Hall–Kier alpha value is -2.75. The second-order valence-corrected chi connectivity index (χ2v) is 10.9. The minimum Gasteiger partial charge on any atom is -0.487 e. The SMILES string of the molecule is Cc1cc(Sc2nnc(C)s2)c2cccc(OCc3c(Cl)cncc3CNC(=O)C(C)C)c2n1. The molecule has 176 valence electrons. The highest BCUT2D eigenvalue weighted by Gasteiger charge is 2.15. The highest BCUT2D eigenvalue weighted by atomic mass is 35.5. The van der Waals surface area contributed by atoms with Crippen LogP contribution in [0.3, 0.4) is 0 Å². The summed E-state index contributed by atoms with van der Waals surface area (Å²) in [4.78, 5) is 22.0. The molecule has 0 aliphatic rings. The largest absolute Gasteiger partial charge is 0.487 e. The monoisotopic (exact) mass is 513 g/mol. The van der Waals surface area contributed by atoms with Gasteiger partial charge < -0.3 is 10.1 Å². The Morgan fingerprint density at radius 3 is 2.79 bits per heavy atom. The molecular weight excluding hydrogens is 490 g/mol. The van der Waals surface area contributed by atoms with Gasteiger partial charge in [0.2, 0.25) is 5.91 Å². The summed E-state index contributed by atoms with van der Waals surface area (Å²) < 4.78 is 7.11. The second-order valence-electron chi connectivity index (χ2n) is 8.02. The lowest BCUT2D eigenvalue weighted by molar-refractivity contribution is -0.124. The fraction of sp³-hybridized carbons (Fsp3) is 0.292. The van der Waals surface area contributed by atoms with Crippen LogP contribution in [0, 0.1) is 19.8 Å². The summed E-state index contributed by atoms with van der Waals surface area (Å²) in [6.45, 7) is 8.16. The van der Waals surface area contributed by atoms with Crippen molar-refractivity contribution in [3.8, 4) is 5.75 Å². The number of aromatic nitrogens is 4. The molecule has 4 rings (SSSR count). The average Bonchev–Trinajstić information content (AvgIpc) is 3.21. The smallest absolute Gasteiger partial charge is 0.222 e. The van der Waals surface area contributed by atoms with E-state index in [1.807, 2.05) is 52.0 Å².